The number of likely N-dealkylation sites (N-methyl/N-ethyl adjacent to an activating group) is 2. The highest BCUT2D eigenvalue weighted by Gasteiger charge is 2.28. The highest BCUT2D eigenvalue weighted by atomic mass is 16.2. The normalized spacial score (nSPS) is 13.2. The van der Waals surface area contributed by atoms with Crippen LogP contribution in [0, 0.1) is 13.8 Å². The topological polar surface area (TPSA) is 50.2 Å². The fraction of sp³-hybridized carbons (Fsp3) is 0.474. The third-order valence-electron chi connectivity index (χ3n) is 4.76. The summed E-state index contributed by atoms with van der Waals surface area (Å²) in [5.41, 5.74) is 6.47. The predicted octanol–water partition coefficient (Wildman–Crippen LogP) is 2.27. The molecule has 0 saturated carbocycles. The summed E-state index contributed by atoms with van der Waals surface area (Å²) >= 11 is 0. The number of amides is 1. The van der Waals surface area contributed by atoms with Gasteiger partial charge in [-0.2, -0.15) is 5.10 Å². The Bertz CT molecular complexity index is 763. The second kappa shape index (κ2) is 6.77. The minimum Gasteiger partial charge on any atom is -0.339 e. The average molecular weight is 326 g/mol. The Morgan fingerprint density at radius 2 is 2.12 bits per heavy atom. The smallest absolute Gasteiger partial charge is 0.274 e. The second-order valence-corrected chi connectivity index (χ2v) is 6.66. The minimum atomic E-state index is 0.0203. The molecule has 1 aliphatic rings. The average Bonchev–Trinajstić information content (AvgIpc) is 3.15. The van der Waals surface area contributed by atoms with Gasteiger partial charge in [0.1, 0.15) is 0 Å². The van der Waals surface area contributed by atoms with Gasteiger partial charge >= 0.3 is 0 Å². The molecule has 0 fully saturated rings. The third-order valence-corrected chi connectivity index (χ3v) is 4.76. The fourth-order valence-corrected chi connectivity index (χ4v) is 3.41. The Morgan fingerprint density at radius 3 is 2.83 bits per heavy atom. The van der Waals surface area contributed by atoms with Gasteiger partial charge in [-0.05, 0) is 51.8 Å². The van der Waals surface area contributed by atoms with Crippen molar-refractivity contribution in [3.8, 4) is 5.69 Å². The van der Waals surface area contributed by atoms with Crippen molar-refractivity contribution in [3.05, 3.63) is 46.3 Å². The predicted molar refractivity (Wildman–Crippen MR) is 96.0 cm³/mol. The molecule has 0 spiro atoms. The molecular formula is C19H26N4O. The van der Waals surface area contributed by atoms with Crippen molar-refractivity contribution in [3.63, 3.8) is 0 Å². The van der Waals surface area contributed by atoms with E-state index in [1.54, 1.807) is 4.90 Å². The summed E-state index contributed by atoms with van der Waals surface area (Å²) < 4.78 is 2.00. The number of aromatic nitrogens is 2. The molecule has 0 atom stereocenters. The standard InChI is InChI=1S/C19H26N4O/c1-13-8-9-16(14(2)12-13)23-17-7-5-6-15(17)18(21-23)19(24)22(4)11-10-20-3/h8-9,12,20H,5-7,10-11H2,1-4H3. The van der Waals surface area contributed by atoms with Gasteiger partial charge in [-0.3, -0.25) is 4.79 Å². The summed E-state index contributed by atoms with van der Waals surface area (Å²) in [6.07, 6.45) is 3.03. The van der Waals surface area contributed by atoms with Crippen LogP contribution in [-0.4, -0.2) is 47.8 Å². The first-order chi connectivity index (χ1) is 11.5. The zero-order valence-corrected chi connectivity index (χ0v) is 15.0. The van der Waals surface area contributed by atoms with Crippen LogP contribution in [0.5, 0.6) is 0 Å². The first-order valence-electron chi connectivity index (χ1n) is 8.61. The molecule has 5 heteroatoms. The van der Waals surface area contributed by atoms with Crippen molar-refractivity contribution in [1.82, 2.24) is 20.0 Å². The maximum Gasteiger partial charge on any atom is 0.274 e. The van der Waals surface area contributed by atoms with E-state index in [1.807, 2.05) is 18.8 Å². The molecule has 128 valence electrons. The van der Waals surface area contributed by atoms with Gasteiger partial charge in [-0.15, -0.1) is 0 Å². The molecule has 1 amide bonds. The molecule has 1 heterocycles. The van der Waals surface area contributed by atoms with E-state index in [4.69, 9.17) is 5.10 Å². The van der Waals surface area contributed by atoms with Gasteiger partial charge in [-0.1, -0.05) is 17.7 Å². The molecule has 0 aliphatic heterocycles. The number of hydrogen-bond donors (Lipinski definition) is 1. The van der Waals surface area contributed by atoms with Crippen LogP contribution < -0.4 is 5.32 Å². The van der Waals surface area contributed by atoms with Crippen molar-refractivity contribution >= 4 is 5.91 Å². The minimum absolute atomic E-state index is 0.0203. The van der Waals surface area contributed by atoms with Crippen LogP contribution in [0.2, 0.25) is 0 Å². The van der Waals surface area contributed by atoms with Crippen LogP contribution in [0.3, 0.4) is 0 Å². The lowest BCUT2D eigenvalue weighted by Gasteiger charge is -2.16. The number of carbonyl (C=O) groups is 1. The molecule has 2 aromatic rings. The van der Waals surface area contributed by atoms with Gasteiger partial charge in [0.15, 0.2) is 5.69 Å². The Balaban J connectivity index is 2.00. The summed E-state index contributed by atoms with van der Waals surface area (Å²) in [5.74, 6) is 0.0203. The van der Waals surface area contributed by atoms with Gasteiger partial charge in [0.25, 0.3) is 5.91 Å². The number of nitrogens with zero attached hydrogens (tertiary/aromatic N) is 3. The van der Waals surface area contributed by atoms with Crippen molar-refractivity contribution in [1.29, 1.82) is 0 Å². The molecule has 1 aromatic heterocycles. The zero-order valence-electron chi connectivity index (χ0n) is 15.0. The molecule has 0 unspecified atom stereocenters. The van der Waals surface area contributed by atoms with E-state index in [1.165, 1.54) is 16.8 Å². The summed E-state index contributed by atoms with van der Waals surface area (Å²) in [6.45, 7) is 5.66. The van der Waals surface area contributed by atoms with Crippen LogP contribution in [-0.2, 0) is 12.8 Å². The fourth-order valence-electron chi connectivity index (χ4n) is 3.41. The highest BCUT2D eigenvalue weighted by molar-refractivity contribution is 5.94. The molecule has 24 heavy (non-hydrogen) atoms. The van der Waals surface area contributed by atoms with Crippen LogP contribution in [0.1, 0.15) is 39.3 Å². The van der Waals surface area contributed by atoms with Crippen LogP contribution in [0.25, 0.3) is 5.69 Å². The lowest BCUT2D eigenvalue weighted by atomic mass is 10.1. The molecule has 1 N–H and O–H groups in total. The quantitative estimate of drug-likeness (QED) is 0.917. The number of hydrogen-bond acceptors (Lipinski definition) is 3. The number of carbonyl (C=O) groups excluding carboxylic acids is 1. The summed E-state index contributed by atoms with van der Waals surface area (Å²) in [6, 6.07) is 6.38. The number of fused-ring (bicyclic) bond motifs is 1. The van der Waals surface area contributed by atoms with E-state index in [0.717, 1.165) is 37.1 Å². The Hall–Kier alpha value is -2.14. The van der Waals surface area contributed by atoms with Crippen molar-refractivity contribution in [2.75, 3.05) is 27.2 Å². The number of rotatable bonds is 5. The van der Waals surface area contributed by atoms with Gasteiger partial charge < -0.3 is 10.2 Å². The second-order valence-electron chi connectivity index (χ2n) is 6.66. The summed E-state index contributed by atoms with van der Waals surface area (Å²) in [5, 5.41) is 7.81. The number of benzene rings is 1. The van der Waals surface area contributed by atoms with Crippen LogP contribution >= 0.6 is 0 Å². The zero-order chi connectivity index (χ0) is 17.3. The molecule has 5 nitrogen and oxygen atoms in total. The highest BCUT2D eigenvalue weighted by Crippen LogP contribution is 2.29. The molecule has 0 saturated heterocycles. The van der Waals surface area contributed by atoms with Gasteiger partial charge in [0, 0.05) is 31.4 Å². The monoisotopic (exact) mass is 326 g/mol. The number of nitrogens with one attached hydrogen (secondary N) is 1. The largest absolute Gasteiger partial charge is 0.339 e. The molecular weight excluding hydrogens is 300 g/mol. The molecule has 1 aromatic carbocycles. The first-order valence-corrected chi connectivity index (χ1v) is 8.61. The molecule has 3 rings (SSSR count). The van der Waals surface area contributed by atoms with Crippen LogP contribution in [0.15, 0.2) is 18.2 Å². The van der Waals surface area contributed by atoms with Crippen molar-refractivity contribution in [2.45, 2.75) is 33.1 Å². The van der Waals surface area contributed by atoms with Crippen LogP contribution in [0.4, 0.5) is 0 Å². The lowest BCUT2D eigenvalue weighted by Crippen LogP contribution is -2.33. The number of aryl methyl sites for hydroxylation is 2. The van der Waals surface area contributed by atoms with E-state index in [9.17, 15) is 4.79 Å². The van der Waals surface area contributed by atoms with Crippen molar-refractivity contribution in [2.24, 2.45) is 0 Å². The summed E-state index contributed by atoms with van der Waals surface area (Å²) in [4.78, 5) is 14.6. The molecule has 1 aliphatic carbocycles. The van der Waals surface area contributed by atoms with E-state index in [2.05, 4.69) is 37.4 Å². The Morgan fingerprint density at radius 1 is 1.33 bits per heavy atom. The van der Waals surface area contributed by atoms with Gasteiger partial charge in [-0.25, -0.2) is 4.68 Å². The maximum atomic E-state index is 12.8. The third kappa shape index (κ3) is 2.96. The van der Waals surface area contributed by atoms with Gasteiger partial charge in [0.05, 0.1) is 5.69 Å². The van der Waals surface area contributed by atoms with Crippen molar-refractivity contribution < 1.29 is 4.79 Å². The first kappa shape index (κ1) is 16.7. The molecule has 0 radical (unpaired) electrons. The van der Waals surface area contributed by atoms with E-state index < -0.39 is 0 Å². The molecule has 0 bridgehead atoms. The lowest BCUT2D eigenvalue weighted by molar-refractivity contribution is 0.0789. The van der Waals surface area contributed by atoms with E-state index >= 15 is 0 Å². The van der Waals surface area contributed by atoms with E-state index in [-0.39, 0.29) is 5.91 Å². The summed E-state index contributed by atoms with van der Waals surface area (Å²) in [7, 11) is 3.74. The van der Waals surface area contributed by atoms with E-state index in [0.29, 0.717) is 12.2 Å². The maximum absolute atomic E-state index is 12.8. The Kier molecular flexibility index (Phi) is 4.71. The van der Waals surface area contributed by atoms with Gasteiger partial charge in [0.2, 0.25) is 0 Å². The Labute approximate surface area is 143 Å². The SMILES string of the molecule is CNCCN(C)C(=O)c1nn(-c2ccc(C)cc2C)c2c1CCC2.